The predicted molar refractivity (Wildman–Crippen MR) is 188 cm³/mol. The highest BCUT2D eigenvalue weighted by atomic mass is 16.7. The molecule has 16 atom stereocenters. The molecule has 23 nitrogen and oxygen atoms in total. The van der Waals surface area contributed by atoms with E-state index >= 15 is 0 Å². The number of hydrogen-bond acceptors (Lipinski definition) is 23. The summed E-state index contributed by atoms with van der Waals surface area (Å²) in [6.07, 6.45) is -27.7. The molecule has 0 radical (unpaired) electrons. The van der Waals surface area contributed by atoms with Crippen molar-refractivity contribution in [3.8, 4) is 40.1 Å². The van der Waals surface area contributed by atoms with Gasteiger partial charge in [-0.25, -0.2) is 4.79 Å². The first-order chi connectivity index (χ1) is 27.8. The monoisotopic (exact) mass is 844 g/mol. The van der Waals surface area contributed by atoms with E-state index in [4.69, 9.17) is 37.6 Å². The van der Waals surface area contributed by atoms with Crippen molar-refractivity contribution in [1.82, 2.24) is 0 Å². The lowest BCUT2D eigenvalue weighted by Gasteiger charge is -2.43. The van der Waals surface area contributed by atoms with E-state index in [0.29, 0.717) is 0 Å². The van der Waals surface area contributed by atoms with Crippen LogP contribution < -0.4 is 14.9 Å². The summed E-state index contributed by atoms with van der Waals surface area (Å²) < 4.78 is 44.6. The van der Waals surface area contributed by atoms with Crippen LogP contribution in [0, 0.1) is 0 Å². The van der Waals surface area contributed by atoms with Gasteiger partial charge in [-0.1, -0.05) is 0 Å². The summed E-state index contributed by atoms with van der Waals surface area (Å²) in [4.78, 5) is 26.5. The molecule has 3 aliphatic heterocycles. The maximum absolute atomic E-state index is 14.1. The molecule has 13 N–H and O–H groups in total. The van der Waals surface area contributed by atoms with Crippen molar-refractivity contribution < 1.29 is 109 Å². The molecule has 0 spiro atoms. The first kappa shape index (κ1) is 44.1. The van der Waals surface area contributed by atoms with Gasteiger partial charge in [0.2, 0.25) is 23.8 Å². The summed E-state index contributed by atoms with van der Waals surface area (Å²) >= 11 is 0. The number of aliphatic hydroxyl groups excluding tert-OH is 10. The Morgan fingerprint density at radius 3 is 2.03 bits per heavy atom. The van der Waals surface area contributed by atoms with E-state index in [1.165, 1.54) is 13.0 Å². The number of esters is 1. The van der Waals surface area contributed by atoms with E-state index in [9.17, 15) is 76.0 Å². The van der Waals surface area contributed by atoms with E-state index in [1.54, 1.807) is 0 Å². The van der Waals surface area contributed by atoms with Gasteiger partial charge < -0.3 is 104 Å². The Bertz CT molecular complexity index is 2020. The van der Waals surface area contributed by atoms with Gasteiger partial charge >= 0.3 is 5.97 Å². The second-order valence-corrected chi connectivity index (χ2v) is 14.2. The van der Waals surface area contributed by atoms with Crippen molar-refractivity contribution in [2.45, 2.75) is 112 Å². The Balaban J connectivity index is 1.35. The zero-order chi connectivity index (χ0) is 43.2. The second-order valence-electron chi connectivity index (χ2n) is 14.2. The normalized spacial score (nSPS) is 35.6. The fourth-order valence-electron chi connectivity index (χ4n) is 6.59. The third kappa shape index (κ3) is 8.75. The molecule has 0 bridgehead atoms. The Labute approximate surface area is 331 Å². The zero-order valence-electron chi connectivity index (χ0n) is 30.9. The fraction of sp³-hybridized carbons (Fsp3) is 0.556. The lowest BCUT2D eigenvalue weighted by molar-refractivity contribution is -0.320. The van der Waals surface area contributed by atoms with Gasteiger partial charge in [0.15, 0.2) is 29.7 Å². The van der Waals surface area contributed by atoms with Crippen molar-refractivity contribution in [2.75, 3.05) is 13.2 Å². The van der Waals surface area contributed by atoms with Crippen LogP contribution in [-0.2, 0) is 28.5 Å². The molecule has 0 saturated carbocycles. The van der Waals surface area contributed by atoms with Crippen LogP contribution in [0.15, 0.2) is 39.5 Å². The van der Waals surface area contributed by atoms with Crippen molar-refractivity contribution >= 4 is 16.9 Å². The lowest BCUT2D eigenvalue weighted by Crippen LogP contribution is -2.63. The minimum absolute atomic E-state index is 0.187. The number of hydrogen-bond donors (Lipinski definition) is 13. The highest BCUT2D eigenvalue weighted by Gasteiger charge is 2.50. The number of aromatic hydroxyl groups is 3. The first-order valence-electron chi connectivity index (χ1n) is 18.0. The van der Waals surface area contributed by atoms with E-state index in [2.05, 4.69) is 0 Å². The van der Waals surface area contributed by atoms with Crippen molar-refractivity contribution in [3.05, 3.63) is 40.6 Å². The molecule has 4 heterocycles. The topological polar surface area (TPSA) is 375 Å². The van der Waals surface area contributed by atoms with Crippen molar-refractivity contribution in [1.29, 1.82) is 0 Å². The number of phenols is 3. The Kier molecular flexibility index (Phi) is 13.2. The predicted octanol–water partition coefficient (Wildman–Crippen LogP) is -4.28. The van der Waals surface area contributed by atoms with Crippen molar-refractivity contribution in [3.63, 3.8) is 0 Å². The summed E-state index contributed by atoms with van der Waals surface area (Å²) in [6.45, 7) is 0.890. The summed E-state index contributed by atoms with van der Waals surface area (Å²) in [5.41, 5.74) is -1.75. The van der Waals surface area contributed by atoms with Gasteiger partial charge in [-0.05, 0) is 32.0 Å². The fourth-order valence-corrected chi connectivity index (χ4v) is 6.59. The number of rotatable bonds is 11. The first-order valence-corrected chi connectivity index (χ1v) is 18.0. The number of ether oxygens (including phenoxy) is 7. The summed E-state index contributed by atoms with van der Waals surface area (Å²) in [7, 11) is 0. The van der Waals surface area contributed by atoms with Crippen LogP contribution in [0.4, 0.5) is 0 Å². The number of carbonyl (C=O) groups is 1. The maximum atomic E-state index is 14.1. The average molecular weight is 845 g/mol. The molecule has 326 valence electrons. The Morgan fingerprint density at radius 1 is 0.746 bits per heavy atom. The minimum atomic E-state index is -2.18. The standard InChI is InChI=1S/C36H44O23/c1-10(38)33(51)58-31-19(9-52-34-27(48)24(45)21(42)11(2)53-34)57-36(29(50)26(31)47)59-32-23(44)20-15(41)6-13(39)7-17(20)54-30(32)12-3-4-16(14(40)5-12)55-35-28(49)25(46)22(43)18(8-37)56-35/h3-7,10-11,18-19,21-22,24-29,31,34-43,45-50H,8-9H2,1-2H3/t10?,11-,18+,19+,21-,22+,24+,25-,26+,27+,28+,29+,31+,34+,35+,36-/m0/s1. The lowest BCUT2D eigenvalue weighted by atomic mass is 9.98. The average Bonchev–Trinajstić information content (AvgIpc) is 3.19. The third-order valence-corrected chi connectivity index (χ3v) is 9.93. The number of benzene rings is 2. The molecule has 3 fully saturated rings. The molecule has 23 heteroatoms. The largest absolute Gasteiger partial charge is 0.508 e. The highest BCUT2D eigenvalue weighted by Crippen LogP contribution is 2.41. The maximum Gasteiger partial charge on any atom is 0.335 e. The van der Waals surface area contributed by atoms with Gasteiger partial charge in [0.1, 0.15) is 89.6 Å². The molecular formula is C36H44O23. The van der Waals surface area contributed by atoms with E-state index in [-0.39, 0.29) is 5.56 Å². The number of phenolic OH excluding ortho intramolecular Hbond substituents is 3. The van der Waals surface area contributed by atoms with Gasteiger partial charge in [0.25, 0.3) is 0 Å². The third-order valence-electron chi connectivity index (χ3n) is 9.93. The van der Waals surface area contributed by atoms with Gasteiger partial charge in [-0.3, -0.25) is 4.79 Å². The Hall–Kier alpha value is -4.44. The molecule has 59 heavy (non-hydrogen) atoms. The minimum Gasteiger partial charge on any atom is -0.508 e. The molecule has 0 amide bonds. The smallest absolute Gasteiger partial charge is 0.335 e. The second kappa shape index (κ2) is 17.6. The summed E-state index contributed by atoms with van der Waals surface area (Å²) in [5.74, 6) is -5.10. The van der Waals surface area contributed by atoms with Gasteiger partial charge in [-0.15, -0.1) is 0 Å². The molecule has 3 saturated heterocycles. The number of carbonyl (C=O) groups excluding carboxylic acids is 1. The summed E-state index contributed by atoms with van der Waals surface area (Å²) in [5, 5.41) is 134. The van der Waals surface area contributed by atoms with Crippen LogP contribution in [0.5, 0.6) is 28.7 Å². The van der Waals surface area contributed by atoms with Crippen LogP contribution in [0.3, 0.4) is 0 Å². The van der Waals surface area contributed by atoms with Crippen molar-refractivity contribution in [2.24, 2.45) is 0 Å². The molecule has 1 aromatic heterocycles. The molecular weight excluding hydrogens is 800 g/mol. The van der Waals surface area contributed by atoms with Gasteiger partial charge in [0, 0.05) is 17.7 Å². The molecule has 2 aromatic carbocycles. The number of aliphatic hydroxyl groups is 10. The quantitative estimate of drug-likeness (QED) is 0.0812. The zero-order valence-corrected chi connectivity index (χ0v) is 30.9. The van der Waals surface area contributed by atoms with E-state index in [0.717, 1.165) is 31.2 Å². The van der Waals surface area contributed by atoms with Gasteiger partial charge in [-0.2, -0.15) is 0 Å². The summed E-state index contributed by atoms with van der Waals surface area (Å²) in [6, 6.07) is 4.99. The van der Waals surface area contributed by atoms with Gasteiger partial charge in [0.05, 0.1) is 19.3 Å². The van der Waals surface area contributed by atoms with Crippen LogP contribution in [0.25, 0.3) is 22.3 Å². The Morgan fingerprint density at radius 2 is 1.37 bits per heavy atom. The molecule has 3 aliphatic rings. The van der Waals surface area contributed by atoms with E-state index < -0.39 is 168 Å². The van der Waals surface area contributed by atoms with E-state index in [1.807, 2.05) is 0 Å². The molecule has 1 unspecified atom stereocenters. The molecule has 3 aromatic rings. The molecule has 6 rings (SSSR count). The molecule has 0 aliphatic carbocycles. The number of fused-ring (bicyclic) bond motifs is 1. The van der Waals surface area contributed by atoms with Crippen LogP contribution in [-0.4, -0.2) is 184 Å². The van der Waals surface area contributed by atoms with Crippen LogP contribution in [0.2, 0.25) is 0 Å². The SMILES string of the molecule is CC(O)C(=O)O[C@H]1[C@H](O)[C@@H](O)[C@H](Oc2c(-c3ccc(O[C@@H]4O[C@H](CO)[C@@H](O)[C@H](O)[C@H]4O)c(O)c3)oc3cc(O)cc(O)c3c2=O)O[C@@H]1CO[C@@H]1O[C@@H](C)[C@H](O)[C@@H](O)[C@H]1O. The van der Waals surface area contributed by atoms with Crippen LogP contribution >= 0.6 is 0 Å². The highest BCUT2D eigenvalue weighted by molar-refractivity contribution is 5.88. The van der Waals surface area contributed by atoms with Crippen LogP contribution in [0.1, 0.15) is 13.8 Å².